The maximum atomic E-state index is 14.4. The van der Waals surface area contributed by atoms with E-state index in [1.165, 1.54) is 12.1 Å². The summed E-state index contributed by atoms with van der Waals surface area (Å²) < 4.78 is 42.4. The van der Waals surface area contributed by atoms with Crippen LogP contribution < -0.4 is 5.32 Å². The molecule has 0 fully saturated rings. The Kier molecular flexibility index (Phi) is 11.2. The molecule has 0 radical (unpaired) electrons. The number of nitrogens with one attached hydrogen (secondary N) is 1. The number of hydrogen-bond acceptors (Lipinski definition) is 3. The Labute approximate surface area is 178 Å². The Morgan fingerprint density at radius 3 is 2.37 bits per heavy atom. The Morgan fingerprint density at radius 1 is 0.967 bits per heavy atom. The van der Waals surface area contributed by atoms with Gasteiger partial charge in [0.1, 0.15) is 11.6 Å². The lowest BCUT2D eigenvalue weighted by molar-refractivity contribution is 0.276. The van der Waals surface area contributed by atoms with Gasteiger partial charge in [0.2, 0.25) is 0 Å². The van der Waals surface area contributed by atoms with Gasteiger partial charge in [-0.1, -0.05) is 31.0 Å². The van der Waals surface area contributed by atoms with Crippen LogP contribution in [-0.2, 0) is 28.5 Å². The second kappa shape index (κ2) is 13.7. The molecule has 0 heterocycles. The van der Waals surface area contributed by atoms with Crippen molar-refractivity contribution in [3.05, 3.63) is 70.3 Å². The largest absolute Gasteiger partial charge is 0.326 e. The highest BCUT2D eigenvalue weighted by molar-refractivity contribution is 7.32. The summed E-state index contributed by atoms with van der Waals surface area (Å²) in [5.74, 6) is -0.397. The van der Waals surface area contributed by atoms with Gasteiger partial charge in [0.15, 0.2) is 0 Å². The van der Waals surface area contributed by atoms with Gasteiger partial charge in [0.25, 0.3) is 0 Å². The Bertz CT molecular complexity index is 800. The normalized spacial score (nSPS) is 12.3. The molecule has 2 N–H and O–H groups in total. The Balaban J connectivity index is 1.65. The fourth-order valence-electron chi connectivity index (χ4n) is 3.42. The molecule has 0 bridgehead atoms. The van der Waals surface area contributed by atoms with Gasteiger partial charge in [-0.2, -0.15) is 0 Å². The van der Waals surface area contributed by atoms with E-state index >= 15 is 0 Å². The Hall–Kier alpha value is -1.59. The van der Waals surface area contributed by atoms with Crippen LogP contribution in [0.4, 0.5) is 8.78 Å². The molecule has 2 aromatic rings. The molecular weight excluding hydrogens is 407 g/mol. The summed E-state index contributed by atoms with van der Waals surface area (Å²) in [5, 5.41) is 3.13. The van der Waals surface area contributed by atoms with Crippen LogP contribution in [0, 0.1) is 18.6 Å². The van der Waals surface area contributed by atoms with Crippen molar-refractivity contribution < 1.29 is 22.8 Å². The summed E-state index contributed by atoms with van der Waals surface area (Å²) in [4.78, 5) is 8.58. The van der Waals surface area contributed by atoms with Crippen molar-refractivity contribution in [3.63, 3.8) is 0 Å². The van der Waals surface area contributed by atoms with Gasteiger partial charge in [0.05, 0.1) is 6.61 Å². The lowest BCUT2D eigenvalue weighted by atomic mass is 9.98. The quantitative estimate of drug-likeness (QED) is 0.302. The van der Waals surface area contributed by atoms with E-state index < -0.39 is 8.25 Å². The minimum atomic E-state index is -2.87. The molecule has 0 aliphatic carbocycles. The van der Waals surface area contributed by atoms with Gasteiger partial charge in [-0.05, 0) is 80.5 Å². The van der Waals surface area contributed by atoms with Gasteiger partial charge < -0.3 is 14.7 Å². The smallest absolute Gasteiger partial charge is 0.316 e. The molecule has 0 saturated heterocycles. The average Bonchev–Trinajstić information content (AvgIpc) is 2.71. The highest BCUT2D eigenvalue weighted by atomic mass is 31.1. The van der Waals surface area contributed by atoms with Crippen LogP contribution in [0.3, 0.4) is 0 Å². The van der Waals surface area contributed by atoms with Crippen molar-refractivity contribution in [2.24, 2.45) is 0 Å². The highest BCUT2D eigenvalue weighted by Crippen LogP contribution is 2.19. The molecule has 0 aliphatic rings. The van der Waals surface area contributed by atoms with Gasteiger partial charge in [-0.15, -0.1) is 0 Å². The fourth-order valence-corrected chi connectivity index (χ4v) is 3.74. The molecule has 166 valence electrons. The molecular formula is C23H32F2NO3P. The van der Waals surface area contributed by atoms with Crippen LogP contribution >= 0.6 is 8.25 Å². The van der Waals surface area contributed by atoms with Crippen molar-refractivity contribution in [2.75, 3.05) is 13.2 Å². The summed E-state index contributed by atoms with van der Waals surface area (Å²) in [6, 6.07) is 10.2. The molecule has 0 saturated carbocycles. The number of hydrogen-bond donors (Lipinski definition) is 2. The molecule has 2 aromatic carbocycles. The van der Waals surface area contributed by atoms with Gasteiger partial charge >= 0.3 is 8.25 Å². The lowest BCUT2D eigenvalue weighted by Gasteiger charge is -2.11. The van der Waals surface area contributed by atoms with E-state index in [0.29, 0.717) is 25.1 Å². The predicted octanol–water partition coefficient (Wildman–Crippen LogP) is 5.50. The van der Waals surface area contributed by atoms with Crippen LogP contribution in [0.25, 0.3) is 0 Å². The number of unbranched alkanes of at least 4 members (excludes halogenated alkanes) is 3. The molecule has 1 unspecified atom stereocenters. The number of benzene rings is 2. The Morgan fingerprint density at radius 2 is 1.67 bits per heavy atom. The summed E-state index contributed by atoms with van der Waals surface area (Å²) in [7, 11) is -2.87. The van der Waals surface area contributed by atoms with E-state index in [4.69, 9.17) is 4.89 Å². The zero-order chi connectivity index (χ0) is 21.8. The number of halogens is 2. The number of rotatable bonds is 14. The summed E-state index contributed by atoms with van der Waals surface area (Å²) in [5.41, 5.74) is 3.94. The predicted molar refractivity (Wildman–Crippen MR) is 117 cm³/mol. The van der Waals surface area contributed by atoms with Crippen molar-refractivity contribution in [2.45, 2.75) is 58.4 Å². The monoisotopic (exact) mass is 439 g/mol. The van der Waals surface area contributed by atoms with E-state index in [9.17, 15) is 13.3 Å². The summed E-state index contributed by atoms with van der Waals surface area (Å²) in [6.07, 6.45) is 6.71. The molecule has 0 aliphatic heterocycles. The maximum absolute atomic E-state index is 14.4. The third kappa shape index (κ3) is 9.48. The standard InChI is InChI=1S/C23H32F2NO3P/c1-18-15-21(17-26-13-6-14-29-30(27)28)23(25)16-20(18)8-5-3-2-4-7-19-9-11-22(24)12-10-19/h9-12,15-16,26,30H,2-8,13-14,17H2,1H3,(H,27,28). The molecule has 4 nitrogen and oxygen atoms in total. The second-order valence-electron chi connectivity index (χ2n) is 7.56. The molecule has 7 heteroatoms. The first-order valence-corrected chi connectivity index (χ1v) is 11.8. The first-order chi connectivity index (χ1) is 14.5. The van der Waals surface area contributed by atoms with E-state index in [2.05, 4.69) is 9.84 Å². The van der Waals surface area contributed by atoms with Crippen LogP contribution in [0.2, 0.25) is 0 Å². The van der Waals surface area contributed by atoms with Crippen LogP contribution in [0.5, 0.6) is 0 Å². The van der Waals surface area contributed by atoms with Crippen molar-refractivity contribution in [1.82, 2.24) is 5.32 Å². The molecule has 2 rings (SSSR count). The maximum Gasteiger partial charge on any atom is 0.316 e. The van der Waals surface area contributed by atoms with E-state index in [1.807, 2.05) is 25.1 Å². The third-order valence-electron chi connectivity index (χ3n) is 5.12. The molecule has 0 aromatic heterocycles. The van der Waals surface area contributed by atoms with Crippen LogP contribution in [0.15, 0.2) is 36.4 Å². The topological polar surface area (TPSA) is 58.6 Å². The fraction of sp³-hybridized carbons (Fsp3) is 0.478. The van der Waals surface area contributed by atoms with Gasteiger partial charge in [-0.25, -0.2) is 8.78 Å². The third-order valence-corrected chi connectivity index (χ3v) is 5.57. The first kappa shape index (κ1) is 24.7. The second-order valence-corrected chi connectivity index (χ2v) is 8.38. The van der Waals surface area contributed by atoms with Crippen LogP contribution in [0.1, 0.15) is 54.4 Å². The van der Waals surface area contributed by atoms with E-state index in [-0.39, 0.29) is 18.2 Å². The van der Waals surface area contributed by atoms with Crippen LogP contribution in [-0.4, -0.2) is 18.0 Å². The highest BCUT2D eigenvalue weighted by Gasteiger charge is 2.07. The summed E-state index contributed by atoms with van der Waals surface area (Å²) in [6.45, 7) is 3.24. The zero-order valence-electron chi connectivity index (χ0n) is 17.6. The average molecular weight is 439 g/mol. The molecule has 30 heavy (non-hydrogen) atoms. The van der Waals surface area contributed by atoms with E-state index in [1.54, 1.807) is 6.07 Å². The zero-order valence-corrected chi connectivity index (χ0v) is 18.6. The minimum absolute atomic E-state index is 0.198. The van der Waals surface area contributed by atoms with Gasteiger partial charge in [-0.3, -0.25) is 4.57 Å². The molecule has 1 atom stereocenters. The molecule has 0 amide bonds. The summed E-state index contributed by atoms with van der Waals surface area (Å²) >= 11 is 0. The van der Waals surface area contributed by atoms with Crippen molar-refractivity contribution >= 4 is 8.25 Å². The first-order valence-electron chi connectivity index (χ1n) is 10.5. The van der Waals surface area contributed by atoms with Crippen molar-refractivity contribution in [1.29, 1.82) is 0 Å². The molecule has 0 spiro atoms. The van der Waals surface area contributed by atoms with Crippen molar-refractivity contribution in [3.8, 4) is 0 Å². The SMILES string of the molecule is Cc1cc(CNCCCO[PH](=O)O)c(F)cc1CCCCCCc1ccc(F)cc1. The van der Waals surface area contributed by atoms with Gasteiger partial charge in [0, 0.05) is 12.1 Å². The minimum Gasteiger partial charge on any atom is -0.326 e. The van der Waals surface area contributed by atoms with E-state index in [0.717, 1.165) is 55.2 Å². The number of aryl methyl sites for hydroxylation is 3. The lowest BCUT2D eigenvalue weighted by Crippen LogP contribution is -2.17.